The molecule has 0 unspecified atom stereocenters. The van der Waals surface area contributed by atoms with Crippen molar-refractivity contribution in [2.45, 2.75) is 109 Å². The molecule has 0 rings (SSSR count). The van der Waals surface area contributed by atoms with E-state index in [2.05, 4.69) is 5.32 Å². The molecule has 0 radical (unpaired) electrons. The highest BCUT2D eigenvalue weighted by molar-refractivity contribution is 6.30. The maximum Gasteiger partial charge on any atom is 0.343 e. The van der Waals surface area contributed by atoms with E-state index in [1.54, 1.807) is 6.92 Å². The fourth-order valence-corrected chi connectivity index (χ4v) is 4.48. The zero-order valence-corrected chi connectivity index (χ0v) is 24.4. The zero-order chi connectivity index (χ0) is 34.1. The second kappa shape index (κ2) is 14.2. The molecule has 7 atom stereocenters. The van der Waals surface area contributed by atoms with Crippen LogP contribution in [0.2, 0.25) is 0 Å². The number of unbranched alkanes of at least 4 members (excludes halogenated alkanes) is 1. The zero-order valence-electron chi connectivity index (χ0n) is 27.4. The average Bonchev–Trinajstić information content (AvgIpc) is 2.95. The summed E-state index contributed by atoms with van der Waals surface area (Å²) in [6.45, 7) is 7.87. The second-order valence-corrected chi connectivity index (χ2v) is 10.3. The van der Waals surface area contributed by atoms with Crippen molar-refractivity contribution >= 4 is 35.1 Å². The summed E-state index contributed by atoms with van der Waals surface area (Å²) in [6.07, 6.45) is -3.02. The predicted molar refractivity (Wildman–Crippen MR) is 145 cm³/mol. The Balaban J connectivity index is 8.42. The number of Topliss-reactive ketones (excluding diaryl/α,β-unsaturated/α-hetero) is 3. The molecule has 0 bridgehead atoms. The van der Waals surface area contributed by atoms with Gasteiger partial charge in [-0.2, -0.15) is 0 Å². The lowest BCUT2D eigenvalue weighted by Crippen LogP contribution is -2.78. The number of nitrogens with zero attached hydrogens (tertiary/aromatic N) is 2. The monoisotopic (exact) mass is 576 g/mol. The number of carboxylic acid groups (broad SMARTS) is 1. The number of rotatable bonds is 17. The third-order valence-electron chi connectivity index (χ3n) is 7.42. The van der Waals surface area contributed by atoms with Crippen molar-refractivity contribution in [2.75, 3.05) is 21.1 Å². The van der Waals surface area contributed by atoms with Crippen LogP contribution >= 0.6 is 0 Å². The lowest BCUT2D eigenvalue weighted by Gasteiger charge is -2.51. The summed E-state index contributed by atoms with van der Waals surface area (Å²) >= 11 is 0. The van der Waals surface area contributed by atoms with E-state index in [0.29, 0.717) is 24.7 Å². The van der Waals surface area contributed by atoms with Crippen LogP contribution in [0, 0.1) is 5.92 Å². The Morgan fingerprint density at radius 1 is 0.900 bits per heavy atom. The molecule has 0 aromatic heterocycles. The molecular weight excluding hydrogens is 526 g/mol. The van der Waals surface area contributed by atoms with E-state index in [0.717, 1.165) is 20.8 Å². The molecule has 5 N–H and O–H groups in total. The lowest BCUT2D eigenvalue weighted by molar-refractivity contribution is -0.180. The van der Waals surface area contributed by atoms with Crippen molar-refractivity contribution < 1.29 is 53.3 Å². The maximum atomic E-state index is 15.1. The molecule has 0 spiro atoms. The van der Waals surface area contributed by atoms with E-state index in [9.17, 15) is 44.4 Å². The molecule has 0 saturated heterocycles. The fourth-order valence-electron chi connectivity index (χ4n) is 4.48. The number of carbonyl (C=O) groups excluding carboxylic acids is 5. The summed E-state index contributed by atoms with van der Waals surface area (Å²) < 4.78 is 23.9. The lowest BCUT2D eigenvalue weighted by atomic mass is 9.64. The van der Waals surface area contributed by atoms with Crippen molar-refractivity contribution in [2.24, 2.45) is 5.92 Å². The number of nitrogens with one attached hydrogen (secondary N) is 1. The highest BCUT2D eigenvalue weighted by atomic mass is 16.4. The Morgan fingerprint density at radius 2 is 1.40 bits per heavy atom. The van der Waals surface area contributed by atoms with Gasteiger partial charge < -0.3 is 35.5 Å². The number of likely N-dealkylation sites (N-methyl/N-ethyl adjacent to an activating group) is 3. The second-order valence-electron chi connectivity index (χ2n) is 10.3. The van der Waals surface area contributed by atoms with E-state index < -0.39 is 97.1 Å². The third-order valence-corrected chi connectivity index (χ3v) is 7.42. The van der Waals surface area contributed by atoms with Gasteiger partial charge in [0, 0.05) is 18.2 Å². The van der Waals surface area contributed by atoms with E-state index in [1.807, 2.05) is 0 Å². The molecule has 0 aromatic carbocycles. The van der Waals surface area contributed by atoms with Crippen molar-refractivity contribution in [3.63, 3.8) is 0 Å². The number of aliphatic hydroxyl groups excluding tert-OH is 2. The minimum Gasteiger partial charge on any atom is -0.479 e. The SMILES string of the molecule is [2H]CN[C@@H](CCCC)C(=O)[C@](C)(C(=O)[C@@](C(=O)[C@@](C)(O)C(=O)O)([C@H](C)CC)N(C[2H])C(=O)[C@H](C)O)N(C[2H])C(=O)[C@H](C)O. The standard InChI is InChI=1S/C27H47N3O10/c1-11-13-14-18(28-8)19(33)25(6,29(9)20(34)16(4)31)22(36)27(15(3)12-2,30(10)21(35)17(5)32)23(37)26(7,40)24(38)39/h15-18,28,31-32,40H,11-14H2,1-10H3,(H,38,39)/t15-,16+,17+,18+,25-,26-,27-/m1/s1/i8D,9D,10D. The first-order valence-corrected chi connectivity index (χ1v) is 13.0. The summed E-state index contributed by atoms with van der Waals surface area (Å²) in [6, 6.07) is -1.33. The Bertz CT molecular complexity index is 1040. The van der Waals surface area contributed by atoms with Gasteiger partial charge in [0.2, 0.25) is 11.4 Å². The molecule has 0 saturated carbocycles. The number of hydrogen-bond donors (Lipinski definition) is 5. The normalized spacial score (nSPS) is 20.0. The van der Waals surface area contributed by atoms with Gasteiger partial charge in [-0.3, -0.25) is 24.0 Å². The summed E-state index contributed by atoms with van der Waals surface area (Å²) in [5.41, 5.74) is -9.47. The van der Waals surface area contributed by atoms with Crippen LogP contribution in [-0.4, -0.2) is 121 Å². The van der Waals surface area contributed by atoms with Gasteiger partial charge in [0.15, 0.2) is 22.6 Å². The molecule has 0 aliphatic heterocycles. The van der Waals surface area contributed by atoms with Gasteiger partial charge in [0.1, 0.15) is 12.2 Å². The maximum absolute atomic E-state index is 15.1. The number of carboxylic acids is 1. The number of aliphatic hydroxyl groups is 3. The first-order chi connectivity index (χ1) is 19.8. The molecule has 13 nitrogen and oxygen atoms in total. The number of hydrogen-bond acceptors (Lipinski definition) is 10. The average molecular weight is 577 g/mol. The Kier molecular flexibility index (Phi) is 11.3. The van der Waals surface area contributed by atoms with Crippen LogP contribution in [-0.2, 0) is 28.8 Å². The van der Waals surface area contributed by atoms with Crippen LogP contribution < -0.4 is 5.32 Å². The molecule has 0 aliphatic rings. The molecule has 0 aliphatic carbocycles. The molecule has 13 heteroatoms. The van der Waals surface area contributed by atoms with Crippen LogP contribution in [0.1, 0.15) is 78.3 Å². The first-order valence-electron chi connectivity index (χ1n) is 15.1. The van der Waals surface area contributed by atoms with E-state index in [-0.39, 0.29) is 17.7 Å². The summed E-state index contributed by atoms with van der Waals surface area (Å²) in [7, 11) is -2.90. The number of amides is 2. The minimum atomic E-state index is -3.39. The van der Waals surface area contributed by atoms with Crippen LogP contribution in [0.5, 0.6) is 0 Å². The smallest absolute Gasteiger partial charge is 0.343 e. The first kappa shape index (κ1) is 31.8. The van der Waals surface area contributed by atoms with Gasteiger partial charge in [0.25, 0.3) is 11.8 Å². The van der Waals surface area contributed by atoms with Gasteiger partial charge in [0.05, 0.1) is 6.04 Å². The van der Waals surface area contributed by atoms with Gasteiger partial charge in [-0.05, 0) is 47.1 Å². The van der Waals surface area contributed by atoms with E-state index in [4.69, 9.17) is 4.11 Å². The number of carbonyl (C=O) groups is 6. The van der Waals surface area contributed by atoms with Crippen molar-refractivity contribution in [3.8, 4) is 0 Å². The molecule has 0 aromatic rings. The van der Waals surface area contributed by atoms with Gasteiger partial charge in [-0.25, -0.2) is 4.79 Å². The van der Waals surface area contributed by atoms with Crippen molar-refractivity contribution in [1.29, 1.82) is 0 Å². The Morgan fingerprint density at radius 3 is 1.77 bits per heavy atom. The fraction of sp³-hybridized carbons (Fsp3) is 0.778. The van der Waals surface area contributed by atoms with E-state index in [1.165, 1.54) is 13.8 Å². The Hall–Kier alpha value is -2.74. The van der Waals surface area contributed by atoms with Crippen molar-refractivity contribution in [3.05, 3.63) is 0 Å². The molecule has 0 fully saturated rings. The van der Waals surface area contributed by atoms with Gasteiger partial charge in [-0.1, -0.05) is 40.0 Å². The van der Waals surface area contributed by atoms with Gasteiger partial charge in [-0.15, -0.1) is 0 Å². The number of ketones is 3. The topological polar surface area (TPSA) is 202 Å². The summed E-state index contributed by atoms with van der Waals surface area (Å²) in [5, 5.41) is 43.7. The minimum absolute atomic E-state index is 0.0255. The molecule has 230 valence electrons. The van der Waals surface area contributed by atoms with Crippen LogP contribution in [0.4, 0.5) is 0 Å². The van der Waals surface area contributed by atoms with Crippen LogP contribution in [0.3, 0.4) is 0 Å². The molecule has 0 heterocycles. The van der Waals surface area contributed by atoms with Crippen molar-refractivity contribution in [1.82, 2.24) is 15.1 Å². The number of aliphatic carboxylic acids is 1. The molecule has 40 heavy (non-hydrogen) atoms. The quantitative estimate of drug-likeness (QED) is 0.140. The summed E-state index contributed by atoms with van der Waals surface area (Å²) in [4.78, 5) is 83.2. The largest absolute Gasteiger partial charge is 0.479 e. The van der Waals surface area contributed by atoms with Gasteiger partial charge >= 0.3 is 5.97 Å². The molecular formula is C27H47N3O10. The third kappa shape index (κ3) is 6.59. The van der Waals surface area contributed by atoms with E-state index >= 15 is 4.79 Å². The highest BCUT2D eigenvalue weighted by Crippen LogP contribution is 2.39. The van der Waals surface area contributed by atoms with Crippen LogP contribution in [0.25, 0.3) is 0 Å². The molecule has 2 amide bonds. The summed E-state index contributed by atoms with van der Waals surface area (Å²) in [5.74, 6) is -10.8. The predicted octanol–water partition coefficient (Wildman–Crippen LogP) is -0.470. The highest BCUT2D eigenvalue weighted by Gasteiger charge is 2.67. The van der Waals surface area contributed by atoms with Crippen LogP contribution in [0.15, 0.2) is 0 Å². The Labute approximate surface area is 240 Å².